The van der Waals surface area contributed by atoms with Gasteiger partial charge in [-0.05, 0) is 31.0 Å². The summed E-state index contributed by atoms with van der Waals surface area (Å²) >= 11 is 0. The van der Waals surface area contributed by atoms with Crippen LogP contribution < -0.4 is 15.5 Å². The van der Waals surface area contributed by atoms with Gasteiger partial charge >= 0.3 is 6.03 Å². The van der Waals surface area contributed by atoms with Gasteiger partial charge in [-0.3, -0.25) is 4.79 Å². The number of carbonyl (C=O) groups excluding carboxylic acids is 2. The molecule has 2 aliphatic rings. The van der Waals surface area contributed by atoms with Crippen molar-refractivity contribution >= 4 is 23.4 Å². The average molecular weight is 399 g/mol. The van der Waals surface area contributed by atoms with Crippen LogP contribution >= 0.6 is 0 Å². The second-order valence-corrected chi connectivity index (χ2v) is 7.18. The Morgan fingerprint density at radius 1 is 1.07 bits per heavy atom. The van der Waals surface area contributed by atoms with Gasteiger partial charge < -0.3 is 29.6 Å². The van der Waals surface area contributed by atoms with E-state index in [1.807, 2.05) is 12.1 Å². The summed E-state index contributed by atoms with van der Waals surface area (Å²) in [4.78, 5) is 33.0. The molecule has 154 valence electrons. The van der Waals surface area contributed by atoms with Gasteiger partial charge in [-0.25, -0.2) is 9.78 Å². The molecule has 2 N–H and O–H groups in total. The summed E-state index contributed by atoms with van der Waals surface area (Å²) in [6.07, 6.45) is 6.04. The molecular weight excluding hydrogens is 374 g/mol. The quantitative estimate of drug-likeness (QED) is 0.815. The van der Waals surface area contributed by atoms with Crippen LogP contribution in [-0.4, -0.2) is 67.3 Å². The average Bonchev–Trinajstić information content (AvgIpc) is 3.30. The number of hydrogen-bond acceptors (Lipinski definition) is 6. The van der Waals surface area contributed by atoms with Crippen molar-refractivity contribution in [3.63, 3.8) is 0 Å². The number of piperidine rings is 1. The van der Waals surface area contributed by atoms with Gasteiger partial charge in [0.1, 0.15) is 12.1 Å². The molecule has 4 rings (SSSR count). The van der Waals surface area contributed by atoms with Crippen LogP contribution in [0.25, 0.3) is 0 Å². The number of nitrogens with one attached hydrogen (secondary N) is 2. The summed E-state index contributed by atoms with van der Waals surface area (Å²) in [5.41, 5.74) is 1.20. The lowest BCUT2D eigenvalue weighted by molar-refractivity contribution is 0.0708. The molecule has 2 aromatic rings. The highest BCUT2D eigenvalue weighted by atomic mass is 16.5. The number of aromatic nitrogens is 1. The zero-order valence-electron chi connectivity index (χ0n) is 16.2. The molecule has 0 bridgehead atoms. The lowest BCUT2D eigenvalue weighted by Crippen LogP contribution is -2.47. The maximum atomic E-state index is 12.3. The van der Waals surface area contributed by atoms with Crippen LogP contribution in [0.4, 0.5) is 16.3 Å². The van der Waals surface area contributed by atoms with Gasteiger partial charge in [0.05, 0.1) is 36.9 Å². The van der Waals surface area contributed by atoms with Gasteiger partial charge in [0.25, 0.3) is 5.91 Å². The number of amides is 3. The van der Waals surface area contributed by atoms with Crippen LogP contribution in [0.15, 0.2) is 41.3 Å². The molecule has 0 aromatic carbocycles. The molecular formula is C20H25N5O4. The van der Waals surface area contributed by atoms with E-state index in [0.717, 1.165) is 18.9 Å². The van der Waals surface area contributed by atoms with Gasteiger partial charge in [0, 0.05) is 32.2 Å². The number of morpholine rings is 1. The van der Waals surface area contributed by atoms with Crippen molar-refractivity contribution in [2.75, 3.05) is 49.6 Å². The zero-order valence-corrected chi connectivity index (χ0v) is 16.2. The Bertz CT molecular complexity index is 810. The molecule has 0 aliphatic carbocycles. The maximum absolute atomic E-state index is 12.3. The summed E-state index contributed by atoms with van der Waals surface area (Å²) in [5.74, 6) is 0.849. The maximum Gasteiger partial charge on any atom is 0.319 e. The van der Waals surface area contributed by atoms with Crippen LogP contribution in [0, 0.1) is 0 Å². The summed E-state index contributed by atoms with van der Waals surface area (Å²) < 4.78 is 10.3. The van der Waals surface area contributed by atoms with Crippen LogP contribution in [-0.2, 0) is 4.74 Å². The highest BCUT2D eigenvalue weighted by molar-refractivity contribution is 5.94. The molecule has 0 unspecified atom stereocenters. The summed E-state index contributed by atoms with van der Waals surface area (Å²) in [6.45, 7) is 4.26. The van der Waals surface area contributed by atoms with Crippen molar-refractivity contribution < 1.29 is 18.7 Å². The fourth-order valence-corrected chi connectivity index (χ4v) is 3.59. The first-order valence-corrected chi connectivity index (χ1v) is 9.87. The zero-order chi connectivity index (χ0) is 20.1. The Morgan fingerprint density at radius 2 is 1.86 bits per heavy atom. The van der Waals surface area contributed by atoms with Crippen LogP contribution in [0.5, 0.6) is 0 Å². The van der Waals surface area contributed by atoms with E-state index in [9.17, 15) is 9.59 Å². The molecule has 2 aliphatic heterocycles. The van der Waals surface area contributed by atoms with Crippen molar-refractivity contribution in [1.29, 1.82) is 0 Å². The van der Waals surface area contributed by atoms with E-state index < -0.39 is 0 Å². The molecule has 4 heterocycles. The van der Waals surface area contributed by atoms with Crippen molar-refractivity contribution in [1.82, 2.24) is 15.2 Å². The minimum Gasteiger partial charge on any atom is -0.472 e. The largest absolute Gasteiger partial charge is 0.472 e. The number of likely N-dealkylation sites (tertiary alicyclic amines) is 1. The van der Waals surface area contributed by atoms with E-state index in [-0.39, 0.29) is 18.0 Å². The van der Waals surface area contributed by atoms with Gasteiger partial charge in [0.15, 0.2) is 0 Å². The van der Waals surface area contributed by atoms with Gasteiger partial charge in [-0.2, -0.15) is 0 Å². The number of carbonyl (C=O) groups is 2. The fourth-order valence-electron chi connectivity index (χ4n) is 3.59. The smallest absolute Gasteiger partial charge is 0.319 e. The highest BCUT2D eigenvalue weighted by Gasteiger charge is 2.25. The number of hydrogen-bond donors (Lipinski definition) is 2. The summed E-state index contributed by atoms with van der Waals surface area (Å²) in [5, 5.41) is 5.81. The first kappa shape index (κ1) is 19.3. The van der Waals surface area contributed by atoms with Crippen LogP contribution in [0.3, 0.4) is 0 Å². The van der Waals surface area contributed by atoms with Crippen molar-refractivity contribution in [2.24, 2.45) is 0 Å². The Morgan fingerprint density at radius 3 is 2.52 bits per heavy atom. The molecule has 29 heavy (non-hydrogen) atoms. The number of urea groups is 1. The van der Waals surface area contributed by atoms with E-state index in [1.165, 1.54) is 12.5 Å². The topological polar surface area (TPSA) is 99.9 Å². The van der Waals surface area contributed by atoms with E-state index >= 15 is 0 Å². The number of anilines is 2. The van der Waals surface area contributed by atoms with E-state index in [1.54, 1.807) is 17.2 Å². The van der Waals surface area contributed by atoms with E-state index in [2.05, 4.69) is 20.5 Å². The number of ether oxygens (including phenoxy) is 1. The van der Waals surface area contributed by atoms with Gasteiger partial charge in [0.2, 0.25) is 0 Å². The lowest BCUT2D eigenvalue weighted by Gasteiger charge is -2.32. The highest BCUT2D eigenvalue weighted by Crippen LogP contribution is 2.17. The number of nitrogens with zero attached hydrogens (tertiary/aromatic N) is 3. The molecule has 0 atom stereocenters. The van der Waals surface area contributed by atoms with E-state index in [0.29, 0.717) is 50.4 Å². The minimum atomic E-state index is -0.259. The molecule has 9 nitrogen and oxygen atoms in total. The standard InChI is InChI=1S/C20H25N5O4/c26-19(15-5-10-29-14-15)25-6-3-16(4-7-25)22-20(27)23-17-1-2-18(21-13-17)24-8-11-28-12-9-24/h1-2,5,10,13-14,16H,3-4,6-9,11-12H2,(H2,22,23,27). The third-order valence-electron chi connectivity index (χ3n) is 5.23. The summed E-state index contributed by atoms with van der Waals surface area (Å²) in [7, 11) is 0. The predicted molar refractivity (Wildman–Crippen MR) is 107 cm³/mol. The normalized spacial score (nSPS) is 17.8. The van der Waals surface area contributed by atoms with Crippen molar-refractivity contribution in [3.8, 4) is 0 Å². The Balaban J connectivity index is 1.22. The second-order valence-electron chi connectivity index (χ2n) is 7.18. The van der Waals surface area contributed by atoms with Gasteiger partial charge in [-0.15, -0.1) is 0 Å². The molecule has 3 amide bonds. The molecule has 0 saturated carbocycles. The van der Waals surface area contributed by atoms with Crippen molar-refractivity contribution in [3.05, 3.63) is 42.5 Å². The number of rotatable bonds is 4. The van der Waals surface area contributed by atoms with Crippen LogP contribution in [0.1, 0.15) is 23.2 Å². The molecule has 0 spiro atoms. The number of furan rings is 1. The first-order chi connectivity index (χ1) is 14.2. The molecule has 2 aromatic heterocycles. The SMILES string of the molecule is O=C(Nc1ccc(N2CCOCC2)nc1)NC1CCN(C(=O)c2ccoc2)CC1. The Labute approximate surface area is 169 Å². The summed E-state index contributed by atoms with van der Waals surface area (Å²) in [6, 6.07) is 5.19. The third-order valence-corrected chi connectivity index (χ3v) is 5.23. The van der Waals surface area contributed by atoms with E-state index in [4.69, 9.17) is 9.15 Å². The first-order valence-electron chi connectivity index (χ1n) is 9.87. The second kappa shape index (κ2) is 8.95. The minimum absolute atomic E-state index is 0.0315. The van der Waals surface area contributed by atoms with Crippen molar-refractivity contribution in [2.45, 2.75) is 18.9 Å². The Kier molecular flexibility index (Phi) is 5.95. The number of pyridine rings is 1. The fraction of sp³-hybridized carbons (Fsp3) is 0.450. The molecule has 9 heteroatoms. The molecule has 0 radical (unpaired) electrons. The predicted octanol–water partition coefficient (Wildman–Crippen LogP) is 1.94. The molecule has 2 fully saturated rings. The van der Waals surface area contributed by atoms with Crippen LogP contribution in [0.2, 0.25) is 0 Å². The third kappa shape index (κ3) is 4.86. The van der Waals surface area contributed by atoms with Gasteiger partial charge in [-0.1, -0.05) is 0 Å². The Hall–Kier alpha value is -3.07. The lowest BCUT2D eigenvalue weighted by atomic mass is 10.0. The monoisotopic (exact) mass is 399 g/mol. The molecule has 2 saturated heterocycles.